The van der Waals surface area contributed by atoms with Crippen LogP contribution in [0.25, 0.3) is 0 Å². The number of hydrogen-bond donors (Lipinski definition) is 3. The van der Waals surface area contributed by atoms with Gasteiger partial charge in [0.25, 0.3) is 11.8 Å². The number of benzene rings is 2. The fourth-order valence-electron chi connectivity index (χ4n) is 2.94. The number of anilines is 2. The van der Waals surface area contributed by atoms with E-state index in [1.165, 1.54) is 12.0 Å². The minimum atomic E-state index is -0.837. The molecule has 2 aromatic carbocycles. The largest absolute Gasteiger partial charge is 0.497 e. The van der Waals surface area contributed by atoms with E-state index in [0.29, 0.717) is 17.2 Å². The highest BCUT2D eigenvalue weighted by atomic mass is 32.1. The van der Waals surface area contributed by atoms with E-state index in [1.807, 2.05) is 12.1 Å². The Balaban J connectivity index is 1.81. The summed E-state index contributed by atoms with van der Waals surface area (Å²) in [5, 5.41) is 2.79. The first-order valence-electron chi connectivity index (χ1n) is 9.74. The number of carbonyl (C=O) groups is 3. The zero-order chi connectivity index (χ0) is 24.0. The van der Waals surface area contributed by atoms with Crippen molar-refractivity contribution in [3.63, 3.8) is 0 Å². The zero-order valence-corrected chi connectivity index (χ0v) is 18.8. The van der Waals surface area contributed by atoms with Gasteiger partial charge in [-0.05, 0) is 53.5 Å². The molecule has 33 heavy (non-hydrogen) atoms. The fraction of sp³-hybridized carbons (Fsp3) is 0.182. The van der Waals surface area contributed by atoms with E-state index in [9.17, 15) is 14.4 Å². The maximum atomic E-state index is 13.3. The monoisotopic (exact) mass is 469 g/mol. The van der Waals surface area contributed by atoms with Gasteiger partial charge in [0.15, 0.2) is 5.69 Å². The van der Waals surface area contributed by atoms with Crippen LogP contribution in [0.3, 0.4) is 0 Å². The molecule has 5 N–H and O–H groups in total. The lowest BCUT2D eigenvalue weighted by Crippen LogP contribution is -2.40. The van der Waals surface area contributed by atoms with Gasteiger partial charge in [0.2, 0.25) is 5.91 Å². The van der Waals surface area contributed by atoms with Gasteiger partial charge in [0.05, 0.1) is 19.9 Å². The van der Waals surface area contributed by atoms with E-state index in [2.05, 4.69) is 9.69 Å². The summed E-state index contributed by atoms with van der Waals surface area (Å²) in [7, 11) is 3.09. The first-order valence-corrected chi connectivity index (χ1v) is 10.5. The Morgan fingerprint density at radius 1 is 1.00 bits per heavy atom. The molecule has 1 heterocycles. The van der Waals surface area contributed by atoms with Gasteiger partial charge in [-0.15, -0.1) is 0 Å². The molecule has 3 amide bonds. The summed E-state index contributed by atoms with van der Waals surface area (Å²) < 4.78 is 14.2. The number of nitrogen functional groups attached to an aromatic ring is 1. The fourth-order valence-corrected chi connectivity index (χ4v) is 3.69. The van der Waals surface area contributed by atoms with E-state index in [4.69, 9.17) is 20.9 Å². The highest BCUT2D eigenvalue weighted by Crippen LogP contribution is 2.27. The molecule has 0 saturated heterocycles. The second-order valence-electron chi connectivity index (χ2n) is 6.85. The Labute approximate surface area is 194 Å². The highest BCUT2D eigenvalue weighted by molar-refractivity contribution is 7.09. The molecule has 0 aliphatic heterocycles. The Kier molecular flexibility index (Phi) is 7.46. The zero-order valence-electron chi connectivity index (χ0n) is 18.0. The Morgan fingerprint density at radius 2 is 1.58 bits per heavy atom. The van der Waals surface area contributed by atoms with E-state index in [0.717, 1.165) is 17.1 Å². The van der Waals surface area contributed by atoms with Crippen molar-refractivity contribution < 1.29 is 23.9 Å². The summed E-state index contributed by atoms with van der Waals surface area (Å²) in [5.41, 5.74) is 12.2. The number of amides is 3. The van der Waals surface area contributed by atoms with Crippen molar-refractivity contribution in [3.8, 4) is 11.5 Å². The number of nitrogens with zero attached hydrogens (tertiary/aromatic N) is 2. The number of nitrogens with one attached hydrogen (secondary N) is 1. The van der Waals surface area contributed by atoms with Crippen LogP contribution in [0.15, 0.2) is 48.5 Å². The van der Waals surface area contributed by atoms with Crippen molar-refractivity contribution >= 4 is 40.6 Å². The molecule has 1 aromatic heterocycles. The minimum absolute atomic E-state index is 0.0163. The second kappa shape index (κ2) is 10.5. The van der Waals surface area contributed by atoms with Gasteiger partial charge in [-0.1, -0.05) is 12.1 Å². The van der Waals surface area contributed by atoms with Gasteiger partial charge in [0.1, 0.15) is 22.9 Å². The molecule has 0 bridgehead atoms. The first kappa shape index (κ1) is 23.5. The number of rotatable bonds is 9. The van der Waals surface area contributed by atoms with Gasteiger partial charge in [-0.3, -0.25) is 19.3 Å². The summed E-state index contributed by atoms with van der Waals surface area (Å²) in [6, 6.07) is 13.8. The lowest BCUT2D eigenvalue weighted by atomic mass is 10.2. The van der Waals surface area contributed by atoms with E-state index < -0.39 is 17.7 Å². The lowest BCUT2D eigenvalue weighted by Gasteiger charge is -2.22. The molecule has 0 saturated carbocycles. The van der Waals surface area contributed by atoms with Crippen LogP contribution >= 0.6 is 11.5 Å². The quantitative estimate of drug-likeness (QED) is 0.432. The van der Waals surface area contributed by atoms with Gasteiger partial charge < -0.3 is 26.3 Å². The smallest absolute Gasteiger partial charge is 0.272 e. The van der Waals surface area contributed by atoms with Crippen molar-refractivity contribution in [1.29, 1.82) is 0 Å². The number of carbonyl (C=O) groups excluding carboxylic acids is 3. The number of methoxy groups -OCH3 is 2. The molecule has 11 heteroatoms. The SMILES string of the molecule is COc1ccc(CNC(=O)CN(C(=O)c2snc(C(N)=O)c2N)c2ccc(OC)cc2)cc1. The molecule has 0 fully saturated rings. The maximum absolute atomic E-state index is 13.3. The Morgan fingerprint density at radius 3 is 2.09 bits per heavy atom. The third-order valence-corrected chi connectivity index (χ3v) is 5.59. The van der Waals surface area contributed by atoms with Crippen LogP contribution in [0.1, 0.15) is 25.7 Å². The summed E-state index contributed by atoms with van der Waals surface area (Å²) in [6.07, 6.45) is 0. The molecule has 10 nitrogen and oxygen atoms in total. The molecule has 0 spiro atoms. The molecule has 0 atom stereocenters. The Hall–Kier alpha value is -4.12. The standard InChI is InChI=1S/C22H23N5O5S/c1-31-15-7-3-13(4-8-15)11-25-17(28)12-27(14-5-9-16(32-2)10-6-14)22(30)20-18(23)19(21(24)29)26-33-20/h3-10H,11-12,23H2,1-2H3,(H2,24,29)(H,25,28). The average Bonchev–Trinajstić information content (AvgIpc) is 3.22. The molecule has 0 unspecified atom stereocenters. The average molecular weight is 470 g/mol. The van der Waals surface area contributed by atoms with E-state index >= 15 is 0 Å². The van der Waals surface area contributed by atoms with Gasteiger partial charge in [-0.2, -0.15) is 4.37 Å². The molecule has 0 aliphatic rings. The van der Waals surface area contributed by atoms with Crippen molar-refractivity contribution in [2.24, 2.45) is 5.73 Å². The lowest BCUT2D eigenvalue weighted by molar-refractivity contribution is -0.119. The van der Waals surface area contributed by atoms with Crippen LogP contribution in [0.2, 0.25) is 0 Å². The van der Waals surface area contributed by atoms with E-state index in [-0.39, 0.29) is 29.3 Å². The van der Waals surface area contributed by atoms with Crippen molar-refractivity contribution in [3.05, 3.63) is 64.7 Å². The first-order chi connectivity index (χ1) is 15.8. The van der Waals surface area contributed by atoms with Crippen molar-refractivity contribution in [2.45, 2.75) is 6.54 Å². The molecular formula is C22H23N5O5S. The maximum Gasteiger partial charge on any atom is 0.272 e. The summed E-state index contributed by atoms with van der Waals surface area (Å²) >= 11 is 0.749. The Bertz CT molecular complexity index is 1140. The second-order valence-corrected chi connectivity index (χ2v) is 7.63. The molecule has 3 aromatic rings. The van der Waals surface area contributed by atoms with Crippen LogP contribution in [0.5, 0.6) is 11.5 Å². The molecular weight excluding hydrogens is 446 g/mol. The topological polar surface area (TPSA) is 150 Å². The number of aromatic nitrogens is 1. The number of primary amides is 1. The predicted molar refractivity (Wildman–Crippen MR) is 125 cm³/mol. The van der Waals surface area contributed by atoms with E-state index in [1.54, 1.807) is 43.5 Å². The number of nitrogens with two attached hydrogens (primary N) is 2. The number of hydrogen-bond acceptors (Lipinski definition) is 8. The van der Waals surface area contributed by atoms with Crippen LogP contribution in [-0.2, 0) is 11.3 Å². The van der Waals surface area contributed by atoms with Crippen LogP contribution in [-0.4, -0.2) is 42.9 Å². The van der Waals surface area contributed by atoms with Crippen LogP contribution < -0.4 is 31.2 Å². The van der Waals surface area contributed by atoms with Crippen molar-refractivity contribution in [1.82, 2.24) is 9.69 Å². The summed E-state index contributed by atoms with van der Waals surface area (Å²) in [4.78, 5) is 38.7. The molecule has 172 valence electrons. The van der Waals surface area contributed by atoms with Crippen LogP contribution in [0, 0.1) is 0 Å². The molecule has 3 rings (SSSR count). The summed E-state index contributed by atoms with van der Waals surface area (Å²) in [6.45, 7) is -0.0213. The highest BCUT2D eigenvalue weighted by Gasteiger charge is 2.27. The number of ether oxygens (including phenoxy) is 2. The van der Waals surface area contributed by atoms with Crippen LogP contribution in [0.4, 0.5) is 11.4 Å². The summed E-state index contributed by atoms with van der Waals surface area (Å²) in [5.74, 6) is -0.520. The molecule has 0 radical (unpaired) electrons. The van der Waals surface area contributed by atoms with Gasteiger partial charge in [-0.25, -0.2) is 0 Å². The molecule has 0 aliphatic carbocycles. The minimum Gasteiger partial charge on any atom is -0.497 e. The third kappa shape index (κ3) is 5.57. The van der Waals surface area contributed by atoms with Crippen molar-refractivity contribution in [2.75, 3.05) is 31.4 Å². The third-order valence-electron chi connectivity index (χ3n) is 4.74. The predicted octanol–water partition coefficient (Wildman–Crippen LogP) is 1.80. The normalized spacial score (nSPS) is 10.4. The van der Waals surface area contributed by atoms with Gasteiger partial charge >= 0.3 is 0 Å². The van der Waals surface area contributed by atoms with Gasteiger partial charge in [0, 0.05) is 12.2 Å².